The number of nitrogens with zero attached hydrogens (tertiary/aromatic N) is 2. The molecule has 0 saturated carbocycles. The number of hydrogen-bond donors (Lipinski definition) is 0. The minimum atomic E-state index is -0.0285. The van der Waals surface area contributed by atoms with Crippen LogP contribution in [0.25, 0.3) is 22.1 Å². The molecule has 0 fully saturated rings. The van der Waals surface area contributed by atoms with E-state index < -0.39 is 0 Å². The number of hydrogen-bond acceptors (Lipinski definition) is 4. The van der Waals surface area contributed by atoms with Gasteiger partial charge in [0, 0.05) is 0 Å². The van der Waals surface area contributed by atoms with Crippen LogP contribution in [-0.2, 0) is 0 Å². The zero-order chi connectivity index (χ0) is 16.0. The van der Waals surface area contributed by atoms with Gasteiger partial charge in [-0.2, -0.15) is 0 Å². The minimum absolute atomic E-state index is 0.0285. The van der Waals surface area contributed by atoms with Gasteiger partial charge in [-0.3, -0.25) is 4.79 Å². The van der Waals surface area contributed by atoms with Gasteiger partial charge in [-0.15, -0.1) is 0 Å². The van der Waals surface area contributed by atoms with Crippen molar-refractivity contribution in [2.75, 3.05) is 7.11 Å². The molecule has 0 bridgehead atoms. The monoisotopic (exact) mass is 322 g/mol. The Morgan fingerprint density at radius 2 is 2.09 bits per heavy atom. The first-order valence-electron chi connectivity index (χ1n) is 7.23. The molecule has 114 valence electrons. The number of benzene rings is 2. The number of thiazole rings is 1. The Morgan fingerprint density at radius 1 is 1.22 bits per heavy atom. The topological polar surface area (TPSA) is 43.6 Å². The van der Waals surface area contributed by atoms with Crippen molar-refractivity contribution < 1.29 is 4.74 Å². The molecule has 0 aliphatic rings. The Balaban J connectivity index is 1.96. The molecule has 4 aromatic rings. The molecule has 4 nitrogen and oxygen atoms in total. The van der Waals surface area contributed by atoms with Gasteiger partial charge in [-0.05, 0) is 48.4 Å². The van der Waals surface area contributed by atoms with Crippen molar-refractivity contribution in [1.29, 1.82) is 0 Å². The van der Waals surface area contributed by atoms with Gasteiger partial charge in [0.2, 0.25) is 0 Å². The number of methoxy groups -OCH3 is 1. The molecule has 0 aliphatic carbocycles. The highest BCUT2D eigenvalue weighted by Crippen LogP contribution is 2.18. The van der Waals surface area contributed by atoms with Crippen LogP contribution in [0.1, 0.15) is 11.1 Å². The van der Waals surface area contributed by atoms with Gasteiger partial charge >= 0.3 is 0 Å². The molecule has 0 atom stereocenters. The van der Waals surface area contributed by atoms with Gasteiger partial charge in [-0.25, -0.2) is 9.38 Å². The van der Waals surface area contributed by atoms with Crippen molar-refractivity contribution in [1.82, 2.24) is 9.38 Å². The summed E-state index contributed by atoms with van der Waals surface area (Å²) in [7, 11) is 1.63. The van der Waals surface area contributed by atoms with Crippen molar-refractivity contribution in [2.45, 2.75) is 6.92 Å². The van der Waals surface area contributed by atoms with Crippen molar-refractivity contribution in [3.05, 3.63) is 68.5 Å². The Labute approximate surface area is 136 Å². The smallest absolute Gasteiger partial charge is 0.274 e. The van der Waals surface area contributed by atoms with Crippen LogP contribution in [0, 0.1) is 6.92 Å². The predicted molar refractivity (Wildman–Crippen MR) is 93.4 cm³/mol. The SMILES string of the molecule is COc1cccc(/C=c2\sc3nc4cc(C)ccc4n3c2=O)c1. The number of fused-ring (bicyclic) bond motifs is 3. The molecular formula is C18H14N2O2S. The van der Waals surface area contributed by atoms with Crippen molar-refractivity contribution in [2.24, 2.45) is 0 Å². The summed E-state index contributed by atoms with van der Waals surface area (Å²) >= 11 is 1.41. The molecule has 0 spiro atoms. The first-order chi connectivity index (χ1) is 11.2. The first-order valence-corrected chi connectivity index (χ1v) is 8.05. The van der Waals surface area contributed by atoms with Gasteiger partial charge in [0.25, 0.3) is 5.56 Å². The lowest BCUT2D eigenvalue weighted by Gasteiger charge is -1.99. The molecule has 0 aliphatic heterocycles. The molecule has 0 unspecified atom stereocenters. The second-order valence-electron chi connectivity index (χ2n) is 5.41. The highest BCUT2D eigenvalue weighted by atomic mass is 32.1. The fourth-order valence-electron chi connectivity index (χ4n) is 2.66. The van der Waals surface area contributed by atoms with Crippen LogP contribution in [-0.4, -0.2) is 16.5 Å². The van der Waals surface area contributed by atoms with Crippen LogP contribution in [0.15, 0.2) is 47.3 Å². The maximum Gasteiger partial charge on any atom is 0.274 e. The van der Waals surface area contributed by atoms with Crippen molar-refractivity contribution >= 4 is 33.4 Å². The molecule has 0 N–H and O–H groups in total. The average molecular weight is 322 g/mol. The highest BCUT2D eigenvalue weighted by Gasteiger charge is 2.11. The van der Waals surface area contributed by atoms with E-state index in [4.69, 9.17) is 4.74 Å². The second-order valence-corrected chi connectivity index (χ2v) is 6.42. The van der Waals surface area contributed by atoms with E-state index in [-0.39, 0.29) is 5.56 Å². The van der Waals surface area contributed by atoms with Crippen LogP contribution < -0.4 is 14.8 Å². The Kier molecular flexibility index (Phi) is 3.16. The third-order valence-electron chi connectivity index (χ3n) is 3.79. The van der Waals surface area contributed by atoms with E-state index in [2.05, 4.69) is 4.98 Å². The summed E-state index contributed by atoms with van der Waals surface area (Å²) in [5.41, 5.74) is 3.77. The van der Waals surface area contributed by atoms with E-state index in [0.29, 0.717) is 4.53 Å². The van der Waals surface area contributed by atoms with Crippen LogP contribution >= 0.6 is 11.3 Å². The maximum atomic E-state index is 12.7. The van der Waals surface area contributed by atoms with Crippen LogP contribution in [0.4, 0.5) is 0 Å². The predicted octanol–water partition coefficient (Wildman–Crippen LogP) is 2.77. The van der Waals surface area contributed by atoms with E-state index in [0.717, 1.165) is 32.9 Å². The number of ether oxygens (including phenoxy) is 1. The van der Waals surface area contributed by atoms with E-state index in [1.807, 2.05) is 55.5 Å². The summed E-state index contributed by atoms with van der Waals surface area (Å²) in [4.78, 5) is 18.0. The number of imidazole rings is 1. The summed E-state index contributed by atoms with van der Waals surface area (Å²) in [5, 5.41) is 0. The number of aromatic nitrogens is 2. The Bertz CT molecular complexity index is 1140. The molecular weight excluding hydrogens is 308 g/mol. The summed E-state index contributed by atoms with van der Waals surface area (Å²) in [6.45, 7) is 2.02. The second kappa shape index (κ2) is 5.21. The molecule has 0 saturated heterocycles. The summed E-state index contributed by atoms with van der Waals surface area (Å²) < 4.78 is 7.58. The maximum absolute atomic E-state index is 12.7. The summed E-state index contributed by atoms with van der Waals surface area (Å²) in [6.07, 6.45) is 1.88. The van der Waals surface area contributed by atoms with Gasteiger partial charge in [0.1, 0.15) is 5.75 Å². The van der Waals surface area contributed by atoms with E-state index in [1.165, 1.54) is 11.3 Å². The molecule has 4 rings (SSSR count). The normalized spacial score (nSPS) is 12.3. The molecule has 2 aromatic carbocycles. The van der Waals surface area contributed by atoms with E-state index in [1.54, 1.807) is 11.5 Å². The van der Waals surface area contributed by atoms with Gasteiger partial charge in [0.05, 0.1) is 22.7 Å². The van der Waals surface area contributed by atoms with Crippen LogP contribution in [0.2, 0.25) is 0 Å². The van der Waals surface area contributed by atoms with Crippen molar-refractivity contribution in [3.8, 4) is 5.75 Å². The average Bonchev–Trinajstić information content (AvgIpc) is 3.04. The third kappa shape index (κ3) is 2.29. The summed E-state index contributed by atoms with van der Waals surface area (Å²) in [5.74, 6) is 0.772. The highest BCUT2D eigenvalue weighted by molar-refractivity contribution is 7.15. The number of rotatable bonds is 2. The lowest BCUT2D eigenvalue weighted by Crippen LogP contribution is -2.22. The van der Waals surface area contributed by atoms with Gasteiger partial charge in [0.15, 0.2) is 4.96 Å². The standard InChI is InChI=1S/C18H14N2O2S/c1-11-6-7-15-14(8-11)19-18-20(15)17(21)16(23-18)10-12-4-3-5-13(9-12)22-2/h3-10H,1-2H3/b16-10-. The largest absolute Gasteiger partial charge is 0.497 e. The van der Waals surface area contributed by atoms with Crippen LogP contribution in [0.5, 0.6) is 5.75 Å². The van der Waals surface area contributed by atoms with E-state index in [9.17, 15) is 4.79 Å². The van der Waals surface area contributed by atoms with Gasteiger partial charge in [-0.1, -0.05) is 29.5 Å². The van der Waals surface area contributed by atoms with E-state index >= 15 is 0 Å². The molecule has 0 amide bonds. The van der Waals surface area contributed by atoms with Crippen LogP contribution in [0.3, 0.4) is 0 Å². The number of aryl methyl sites for hydroxylation is 1. The van der Waals surface area contributed by atoms with Gasteiger partial charge < -0.3 is 4.74 Å². The lowest BCUT2D eigenvalue weighted by atomic mass is 10.2. The molecule has 2 aromatic heterocycles. The molecule has 0 radical (unpaired) electrons. The minimum Gasteiger partial charge on any atom is -0.497 e. The van der Waals surface area contributed by atoms with Crippen molar-refractivity contribution in [3.63, 3.8) is 0 Å². The lowest BCUT2D eigenvalue weighted by molar-refractivity contribution is 0.414. The Hall–Kier alpha value is -2.66. The molecule has 5 heteroatoms. The zero-order valence-corrected chi connectivity index (χ0v) is 13.6. The Morgan fingerprint density at radius 3 is 2.91 bits per heavy atom. The summed E-state index contributed by atoms with van der Waals surface area (Å²) in [6, 6.07) is 13.6. The molecule has 23 heavy (non-hydrogen) atoms. The molecule has 2 heterocycles. The zero-order valence-electron chi connectivity index (χ0n) is 12.7. The quantitative estimate of drug-likeness (QED) is 0.570. The fourth-order valence-corrected chi connectivity index (χ4v) is 3.65. The third-order valence-corrected chi connectivity index (χ3v) is 4.75. The fraction of sp³-hybridized carbons (Fsp3) is 0.111. The first kappa shape index (κ1) is 14.0.